The monoisotopic (exact) mass is 303 g/mol. The summed E-state index contributed by atoms with van der Waals surface area (Å²) in [5.74, 6) is -0.0379. The van der Waals surface area contributed by atoms with Crippen LogP contribution < -0.4 is 10.9 Å². The van der Waals surface area contributed by atoms with Crippen LogP contribution in [0.2, 0.25) is 0 Å². The Hall–Kier alpha value is -2.83. The maximum atomic E-state index is 12.1. The number of hydrogen-bond donors (Lipinski definition) is 1. The first-order valence-electron chi connectivity index (χ1n) is 6.71. The SMILES string of the molecule is CNC(=O)CN(C)C(=O)c1ccc(Cn2ccccc2=O)o1. The number of furan rings is 1. The third-order valence-corrected chi connectivity index (χ3v) is 3.10. The fraction of sp³-hybridized carbons (Fsp3) is 0.267. The van der Waals surface area contributed by atoms with Gasteiger partial charge in [-0.05, 0) is 18.2 Å². The van der Waals surface area contributed by atoms with Crippen LogP contribution in [0.1, 0.15) is 16.3 Å². The maximum absolute atomic E-state index is 12.1. The first kappa shape index (κ1) is 15.6. The quantitative estimate of drug-likeness (QED) is 0.861. The predicted octanol–water partition coefficient (Wildman–Crippen LogP) is 0.308. The zero-order valence-corrected chi connectivity index (χ0v) is 12.4. The van der Waals surface area contributed by atoms with Crippen LogP contribution in [-0.4, -0.2) is 41.9 Å². The summed E-state index contributed by atoms with van der Waals surface area (Å²) in [7, 11) is 3.02. The number of nitrogens with one attached hydrogen (secondary N) is 1. The van der Waals surface area contributed by atoms with Crippen LogP contribution in [0.25, 0.3) is 0 Å². The molecular weight excluding hydrogens is 286 g/mol. The summed E-state index contributed by atoms with van der Waals surface area (Å²) < 4.78 is 6.93. The van der Waals surface area contributed by atoms with Crippen molar-refractivity contribution in [1.29, 1.82) is 0 Å². The standard InChI is InChI=1S/C15H17N3O4/c1-16-13(19)10-17(2)15(21)12-7-6-11(22-12)9-18-8-4-3-5-14(18)20/h3-8H,9-10H2,1-2H3,(H,16,19). The average Bonchev–Trinajstić information content (AvgIpc) is 2.97. The van der Waals surface area contributed by atoms with E-state index in [0.717, 1.165) is 0 Å². The molecule has 0 aromatic carbocycles. The molecule has 0 aliphatic heterocycles. The van der Waals surface area contributed by atoms with Crippen molar-refractivity contribution in [2.45, 2.75) is 6.54 Å². The molecule has 0 radical (unpaired) electrons. The van der Waals surface area contributed by atoms with Crippen molar-refractivity contribution in [2.75, 3.05) is 20.6 Å². The minimum atomic E-state index is -0.393. The zero-order chi connectivity index (χ0) is 16.1. The second kappa shape index (κ2) is 6.75. The molecule has 22 heavy (non-hydrogen) atoms. The topological polar surface area (TPSA) is 84.5 Å². The molecule has 0 aliphatic rings. The van der Waals surface area contributed by atoms with Gasteiger partial charge in [-0.15, -0.1) is 0 Å². The lowest BCUT2D eigenvalue weighted by atomic mass is 10.3. The Morgan fingerprint density at radius 1 is 1.27 bits per heavy atom. The molecule has 7 nitrogen and oxygen atoms in total. The number of pyridine rings is 1. The summed E-state index contributed by atoms with van der Waals surface area (Å²) in [6.45, 7) is 0.190. The molecule has 0 saturated carbocycles. The Balaban J connectivity index is 2.08. The van der Waals surface area contributed by atoms with E-state index in [1.807, 2.05) is 0 Å². The molecule has 2 rings (SSSR count). The molecule has 1 N–H and O–H groups in total. The lowest BCUT2D eigenvalue weighted by Gasteiger charge is -2.14. The molecule has 0 aliphatic carbocycles. The van der Waals surface area contributed by atoms with Crippen LogP contribution in [0.5, 0.6) is 0 Å². The number of amides is 2. The van der Waals surface area contributed by atoms with E-state index in [4.69, 9.17) is 4.42 Å². The van der Waals surface area contributed by atoms with Crippen LogP contribution in [-0.2, 0) is 11.3 Å². The molecule has 0 unspecified atom stereocenters. The number of hydrogen-bond acceptors (Lipinski definition) is 4. The van der Waals surface area contributed by atoms with Crippen LogP contribution >= 0.6 is 0 Å². The van der Waals surface area contributed by atoms with Gasteiger partial charge in [0.25, 0.3) is 11.5 Å². The number of likely N-dealkylation sites (N-methyl/N-ethyl adjacent to an activating group) is 2. The third kappa shape index (κ3) is 3.63. The van der Waals surface area contributed by atoms with Crippen LogP contribution in [0, 0.1) is 0 Å². The summed E-state index contributed by atoms with van der Waals surface area (Å²) in [5.41, 5.74) is -0.150. The molecule has 2 aromatic rings. The fourth-order valence-corrected chi connectivity index (χ4v) is 1.89. The molecule has 0 spiro atoms. The molecule has 116 valence electrons. The second-order valence-electron chi connectivity index (χ2n) is 4.77. The van der Waals surface area contributed by atoms with Crippen LogP contribution in [0.15, 0.2) is 45.7 Å². The Morgan fingerprint density at radius 2 is 2.05 bits per heavy atom. The van der Waals surface area contributed by atoms with Gasteiger partial charge in [0.05, 0.1) is 13.1 Å². The van der Waals surface area contributed by atoms with Crippen molar-refractivity contribution < 1.29 is 14.0 Å². The average molecular weight is 303 g/mol. The summed E-state index contributed by atoms with van der Waals surface area (Å²) in [4.78, 5) is 36.3. The molecule has 2 amide bonds. The van der Waals surface area contributed by atoms with E-state index in [2.05, 4.69) is 5.32 Å². The molecule has 0 fully saturated rings. The van der Waals surface area contributed by atoms with E-state index in [1.54, 1.807) is 24.4 Å². The molecule has 7 heteroatoms. The van der Waals surface area contributed by atoms with Gasteiger partial charge in [0.1, 0.15) is 5.76 Å². The number of rotatable bonds is 5. The number of nitrogens with zero attached hydrogens (tertiary/aromatic N) is 2. The van der Waals surface area contributed by atoms with Gasteiger partial charge in [0, 0.05) is 26.4 Å². The summed E-state index contributed by atoms with van der Waals surface area (Å²) in [6.07, 6.45) is 1.64. The predicted molar refractivity (Wildman–Crippen MR) is 79.5 cm³/mol. The van der Waals surface area contributed by atoms with E-state index >= 15 is 0 Å². The van der Waals surface area contributed by atoms with Gasteiger partial charge < -0.3 is 19.2 Å². The number of carbonyl (C=O) groups excluding carboxylic acids is 2. The normalized spacial score (nSPS) is 10.3. The minimum Gasteiger partial charge on any atom is -0.454 e. The molecule has 2 heterocycles. The Kier molecular flexibility index (Phi) is 4.77. The van der Waals surface area contributed by atoms with E-state index in [0.29, 0.717) is 5.76 Å². The molecule has 0 bridgehead atoms. The fourth-order valence-electron chi connectivity index (χ4n) is 1.89. The van der Waals surface area contributed by atoms with Crippen molar-refractivity contribution in [3.05, 3.63) is 58.4 Å². The van der Waals surface area contributed by atoms with Crippen molar-refractivity contribution in [3.8, 4) is 0 Å². The van der Waals surface area contributed by atoms with E-state index in [1.165, 1.54) is 35.7 Å². The van der Waals surface area contributed by atoms with Crippen molar-refractivity contribution in [3.63, 3.8) is 0 Å². The van der Waals surface area contributed by atoms with Gasteiger partial charge in [0.2, 0.25) is 5.91 Å². The van der Waals surface area contributed by atoms with Crippen molar-refractivity contribution in [1.82, 2.24) is 14.8 Å². The molecule has 0 saturated heterocycles. The smallest absolute Gasteiger partial charge is 0.289 e. The Bertz CT molecular complexity index is 732. The Labute approximate surface area is 127 Å². The van der Waals surface area contributed by atoms with E-state index in [9.17, 15) is 14.4 Å². The van der Waals surface area contributed by atoms with E-state index < -0.39 is 5.91 Å². The van der Waals surface area contributed by atoms with Gasteiger partial charge in [-0.1, -0.05) is 6.07 Å². The molecular formula is C15H17N3O4. The number of carbonyl (C=O) groups is 2. The van der Waals surface area contributed by atoms with Crippen molar-refractivity contribution >= 4 is 11.8 Å². The van der Waals surface area contributed by atoms with Gasteiger partial charge in [0.15, 0.2) is 5.76 Å². The summed E-state index contributed by atoms with van der Waals surface area (Å²) >= 11 is 0. The van der Waals surface area contributed by atoms with Gasteiger partial charge in [-0.3, -0.25) is 14.4 Å². The van der Waals surface area contributed by atoms with Crippen LogP contribution in [0.3, 0.4) is 0 Å². The summed E-state index contributed by atoms with van der Waals surface area (Å²) in [5, 5.41) is 2.44. The Morgan fingerprint density at radius 3 is 2.73 bits per heavy atom. The highest BCUT2D eigenvalue weighted by Crippen LogP contribution is 2.11. The zero-order valence-electron chi connectivity index (χ0n) is 12.4. The third-order valence-electron chi connectivity index (χ3n) is 3.10. The highest BCUT2D eigenvalue weighted by atomic mass is 16.4. The minimum absolute atomic E-state index is 0.0521. The first-order chi connectivity index (χ1) is 10.5. The highest BCUT2D eigenvalue weighted by Gasteiger charge is 2.18. The second-order valence-corrected chi connectivity index (χ2v) is 4.77. The van der Waals surface area contributed by atoms with Gasteiger partial charge in [-0.25, -0.2) is 0 Å². The lowest BCUT2D eigenvalue weighted by Crippen LogP contribution is -2.36. The highest BCUT2D eigenvalue weighted by molar-refractivity contribution is 5.94. The van der Waals surface area contributed by atoms with Crippen LogP contribution in [0.4, 0.5) is 0 Å². The molecule has 0 atom stereocenters. The number of aromatic nitrogens is 1. The lowest BCUT2D eigenvalue weighted by molar-refractivity contribution is -0.121. The van der Waals surface area contributed by atoms with Gasteiger partial charge >= 0.3 is 0 Å². The van der Waals surface area contributed by atoms with E-state index in [-0.39, 0.29) is 30.3 Å². The maximum Gasteiger partial charge on any atom is 0.289 e. The van der Waals surface area contributed by atoms with Crippen molar-refractivity contribution in [2.24, 2.45) is 0 Å². The van der Waals surface area contributed by atoms with Gasteiger partial charge in [-0.2, -0.15) is 0 Å². The molecule has 2 aromatic heterocycles. The first-order valence-corrected chi connectivity index (χ1v) is 6.71. The largest absolute Gasteiger partial charge is 0.454 e. The summed E-state index contributed by atoms with van der Waals surface area (Å²) in [6, 6.07) is 8.02.